The second kappa shape index (κ2) is 2.33. The molecule has 0 aromatic rings. The van der Waals surface area contributed by atoms with E-state index in [1.54, 1.807) is 11.1 Å². The molecule has 1 nitrogen and oxygen atoms in total. The average molecular weight is 189 g/mol. The molecular weight excluding hydrogens is 170 g/mol. The molecule has 2 atom stereocenters. The van der Waals surface area contributed by atoms with Gasteiger partial charge in [0.2, 0.25) is 0 Å². The molecule has 2 N–H and O–H groups in total. The van der Waals surface area contributed by atoms with Gasteiger partial charge < -0.3 is 5.73 Å². The molecule has 0 saturated heterocycles. The van der Waals surface area contributed by atoms with E-state index in [2.05, 4.69) is 26.0 Å². The van der Waals surface area contributed by atoms with E-state index in [-0.39, 0.29) is 5.54 Å². The zero-order valence-electron chi connectivity index (χ0n) is 9.14. The topological polar surface area (TPSA) is 26.0 Å². The van der Waals surface area contributed by atoms with E-state index >= 15 is 0 Å². The molecule has 14 heavy (non-hydrogen) atoms. The van der Waals surface area contributed by atoms with E-state index < -0.39 is 0 Å². The van der Waals surface area contributed by atoms with Crippen LogP contribution in [0.5, 0.6) is 0 Å². The SMILES string of the molecule is CC1(C)C2CCC1(N)C1=C2C=CCC1. The predicted molar refractivity (Wildman–Crippen MR) is 58.8 cm³/mol. The third-order valence-corrected chi connectivity index (χ3v) is 4.97. The highest BCUT2D eigenvalue weighted by atomic mass is 14.9. The van der Waals surface area contributed by atoms with E-state index in [0.29, 0.717) is 5.41 Å². The van der Waals surface area contributed by atoms with Gasteiger partial charge in [0.05, 0.1) is 0 Å². The number of hydrogen-bond acceptors (Lipinski definition) is 1. The molecule has 1 fully saturated rings. The molecule has 3 rings (SSSR count). The maximum absolute atomic E-state index is 6.64. The summed E-state index contributed by atoms with van der Waals surface area (Å²) in [6.45, 7) is 4.72. The lowest BCUT2D eigenvalue weighted by atomic mass is 9.73. The first-order valence-corrected chi connectivity index (χ1v) is 5.76. The van der Waals surface area contributed by atoms with Crippen molar-refractivity contribution in [2.24, 2.45) is 17.1 Å². The molecule has 1 saturated carbocycles. The number of rotatable bonds is 0. The van der Waals surface area contributed by atoms with Crippen LogP contribution in [0.1, 0.15) is 39.5 Å². The van der Waals surface area contributed by atoms with Crippen LogP contribution >= 0.6 is 0 Å². The lowest BCUT2D eigenvalue weighted by molar-refractivity contribution is 0.229. The number of hydrogen-bond donors (Lipinski definition) is 1. The molecule has 0 heterocycles. The summed E-state index contributed by atoms with van der Waals surface area (Å²) in [5.41, 5.74) is 10.1. The van der Waals surface area contributed by atoms with Gasteiger partial charge in [-0.05, 0) is 48.2 Å². The molecule has 0 amide bonds. The van der Waals surface area contributed by atoms with Gasteiger partial charge in [-0.15, -0.1) is 0 Å². The zero-order chi connectivity index (χ0) is 9.97. The van der Waals surface area contributed by atoms with Gasteiger partial charge in [-0.25, -0.2) is 0 Å². The molecular formula is C13H19N. The van der Waals surface area contributed by atoms with Crippen molar-refractivity contribution in [3.63, 3.8) is 0 Å². The van der Waals surface area contributed by atoms with Crippen molar-refractivity contribution in [2.75, 3.05) is 0 Å². The van der Waals surface area contributed by atoms with Gasteiger partial charge >= 0.3 is 0 Å². The van der Waals surface area contributed by atoms with Crippen molar-refractivity contribution < 1.29 is 0 Å². The Labute approximate surface area is 86.1 Å². The maximum Gasteiger partial charge on any atom is 0.0432 e. The summed E-state index contributed by atoms with van der Waals surface area (Å²) in [6, 6.07) is 0. The predicted octanol–water partition coefficient (Wildman–Crippen LogP) is 2.78. The quantitative estimate of drug-likeness (QED) is 0.623. The third-order valence-electron chi connectivity index (χ3n) is 4.97. The van der Waals surface area contributed by atoms with Gasteiger partial charge in [0.15, 0.2) is 0 Å². The Balaban J connectivity index is 2.18. The summed E-state index contributed by atoms with van der Waals surface area (Å²) in [4.78, 5) is 0. The third kappa shape index (κ3) is 0.726. The van der Waals surface area contributed by atoms with Crippen molar-refractivity contribution in [2.45, 2.75) is 45.1 Å². The minimum absolute atomic E-state index is 0.0256. The Morgan fingerprint density at radius 3 is 2.93 bits per heavy atom. The van der Waals surface area contributed by atoms with Gasteiger partial charge in [0, 0.05) is 5.54 Å². The van der Waals surface area contributed by atoms with Crippen LogP contribution < -0.4 is 5.73 Å². The van der Waals surface area contributed by atoms with Gasteiger partial charge in [-0.2, -0.15) is 0 Å². The molecule has 0 aliphatic heterocycles. The van der Waals surface area contributed by atoms with Crippen molar-refractivity contribution >= 4 is 0 Å². The number of fused-ring (bicyclic) bond motifs is 4. The van der Waals surface area contributed by atoms with E-state index in [9.17, 15) is 0 Å². The molecule has 3 aliphatic rings. The Bertz CT molecular complexity index is 348. The van der Waals surface area contributed by atoms with Crippen LogP contribution in [0.2, 0.25) is 0 Å². The minimum Gasteiger partial charge on any atom is -0.321 e. The molecule has 0 radical (unpaired) electrons. The van der Waals surface area contributed by atoms with Crippen molar-refractivity contribution in [1.29, 1.82) is 0 Å². The first-order chi connectivity index (χ1) is 6.57. The summed E-state index contributed by atoms with van der Waals surface area (Å²) >= 11 is 0. The van der Waals surface area contributed by atoms with Gasteiger partial charge in [0.25, 0.3) is 0 Å². The van der Waals surface area contributed by atoms with Crippen LogP contribution in [0.4, 0.5) is 0 Å². The average Bonchev–Trinajstić information content (AvgIpc) is 2.49. The van der Waals surface area contributed by atoms with Crippen LogP contribution in [0.3, 0.4) is 0 Å². The highest BCUT2D eigenvalue weighted by Crippen LogP contribution is 2.63. The second-order valence-corrected chi connectivity index (χ2v) is 5.66. The molecule has 76 valence electrons. The summed E-state index contributed by atoms with van der Waals surface area (Å²) in [6.07, 6.45) is 9.57. The van der Waals surface area contributed by atoms with Crippen LogP contribution in [-0.4, -0.2) is 5.54 Å². The number of nitrogens with two attached hydrogens (primary N) is 1. The summed E-state index contributed by atoms with van der Waals surface area (Å²) in [5, 5.41) is 0. The van der Waals surface area contributed by atoms with Crippen LogP contribution in [0.15, 0.2) is 23.3 Å². The molecule has 2 bridgehead atoms. The van der Waals surface area contributed by atoms with E-state index in [1.165, 1.54) is 25.7 Å². The Morgan fingerprint density at radius 2 is 2.21 bits per heavy atom. The fourth-order valence-electron chi connectivity index (χ4n) is 3.94. The fraction of sp³-hybridized carbons (Fsp3) is 0.692. The molecule has 1 heteroatoms. The van der Waals surface area contributed by atoms with E-state index in [4.69, 9.17) is 5.73 Å². The Hall–Kier alpha value is -0.560. The molecule has 0 aromatic carbocycles. The summed E-state index contributed by atoms with van der Waals surface area (Å²) < 4.78 is 0. The highest BCUT2D eigenvalue weighted by molar-refractivity contribution is 5.49. The molecule has 0 spiro atoms. The van der Waals surface area contributed by atoms with Crippen molar-refractivity contribution in [1.82, 2.24) is 0 Å². The smallest absolute Gasteiger partial charge is 0.0432 e. The van der Waals surface area contributed by atoms with Gasteiger partial charge in [0.1, 0.15) is 0 Å². The fourth-order valence-corrected chi connectivity index (χ4v) is 3.94. The van der Waals surface area contributed by atoms with Crippen LogP contribution in [-0.2, 0) is 0 Å². The van der Waals surface area contributed by atoms with Crippen molar-refractivity contribution in [3.05, 3.63) is 23.3 Å². The van der Waals surface area contributed by atoms with E-state index in [0.717, 1.165) is 5.92 Å². The largest absolute Gasteiger partial charge is 0.321 e. The van der Waals surface area contributed by atoms with Crippen molar-refractivity contribution in [3.8, 4) is 0 Å². The molecule has 0 aromatic heterocycles. The lowest BCUT2D eigenvalue weighted by Gasteiger charge is -2.37. The monoisotopic (exact) mass is 189 g/mol. The van der Waals surface area contributed by atoms with Gasteiger partial charge in [-0.1, -0.05) is 26.0 Å². The first kappa shape index (κ1) is 8.72. The highest BCUT2D eigenvalue weighted by Gasteiger charge is 2.60. The zero-order valence-corrected chi connectivity index (χ0v) is 9.14. The summed E-state index contributed by atoms with van der Waals surface area (Å²) in [7, 11) is 0. The first-order valence-electron chi connectivity index (χ1n) is 5.76. The normalized spacial score (nSPS) is 43.2. The Kier molecular flexibility index (Phi) is 1.45. The standard InChI is InChI=1S/C13H19N/c1-12(2)10-7-8-13(12,14)11-6-4-3-5-9(10)11/h3,5,10H,4,6-8,14H2,1-2H3. The lowest BCUT2D eigenvalue weighted by Crippen LogP contribution is -2.48. The van der Waals surface area contributed by atoms with Crippen LogP contribution in [0, 0.1) is 11.3 Å². The minimum atomic E-state index is 0.0256. The molecule has 3 aliphatic carbocycles. The van der Waals surface area contributed by atoms with Crippen LogP contribution in [0.25, 0.3) is 0 Å². The van der Waals surface area contributed by atoms with E-state index in [1.807, 2.05) is 0 Å². The van der Waals surface area contributed by atoms with Gasteiger partial charge in [-0.3, -0.25) is 0 Å². The summed E-state index contributed by atoms with van der Waals surface area (Å²) in [5.74, 6) is 0.735. The number of allylic oxidation sites excluding steroid dienone is 3. The Morgan fingerprint density at radius 1 is 1.43 bits per heavy atom. The second-order valence-electron chi connectivity index (χ2n) is 5.66. The maximum atomic E-state index is 6.64. The molecule has 2 unspecified atom stereocenters.